The quantitative estimate of drug-likeness (QED) is 0.544. The maximum atomic E-state index is 8.57. The van der Waals surface area contributed by atoms with Gasteiger partial charge in [0.25, 0.3) is 0 Å². The van der Waals surface area contributed by atoms with Gasteiger partial charge in [-0.1, -0.05) is 12.8 Å². The van der Waals surface area contributed by atoms with Crippen LogP contribution in [0.15, 0.2) is 0 Å². The molecule has 0 aromatic rings. The fourth-order valence-corrected chi connectivity index (χ4v) is 1.19. The summed E-state index contributed by atoms with van der Waals surface area (Å²) in [4.78, 5) is 8.56. The van der Waals surface area contributed by atoms with Crippen molar-refractivity contribution in [1.82, 2.24) is 0 Å². The van der Waals surface area contributed by atoms with Crippen LogP contribution in [0.2, 0.25) is 0 Å². The van der Waals surface area contributed by atoms with Gasteiger partial charge in [0, 0.05) is 6.61 Å². The molecule has 4 heteroatoms. The van der Waals surface area contributed by atoms with E-state index in [0.29, 0.717) is 12.5 Å². The van der Waals surface area contributed by atoms with Gasteiger partial charge in [-0.15, -0.1) is 0 Å². The van der Waals surface area contributed by atoms with E-state index in [0.717, 1.165) is 0 Å². The van der Waals surface area contributed by atoms with Crippen molar-refractivity contribution in [3.05, 3.63) is 0 Å². The third-order valence-corrected chi connectivity index (χ3v) is 1.73. The van der Waals surface area contributed by atoms with Crippen molar-refractivity contribution in [2.45, 2.75) is 25.7 Å². The molecule has 0 unspecified atom stereocenters. The van der Waals surface area contributed by atoms with Crippen LogP contribution in [0.5, 0.6) is 0 Å². The fourth-order valence-electron chi connectivity index (χ4n) is 1.19. The summed E-state index contributed by atoms with van der Waals surface area (Å²) in [7, 11) is 0. The Morgan fingerprint density at radius 2 is 1.64 bits per heavy atom. The van der Waals surface area contributed by atoms with Crippen molar-refractivity contribution in [2.24, 2.45) is 5.92 Å². The molecule has 0 aliphatic heterocycles. The zero-order chi connectivity index (χ0) is 8.69. The first-order chi connectivity index (χ1) is 5.16. The maximum Gasteiger partial charge on any atom is 0.503 e. The zero-order valence-corrected chi connectivity index (χ0v) is 6.36. The molecule has 4 nitrogen and oxygen atoms in total. The molecule has 1 aliphatic rings. The molecule has 0 saturated heterocycles. The molecule has 1 fully saturated rings. The van der Waals surface area contributed by atoms with Gasteiger partial charge < -0.3 is 15.3 Å². The topological polar surface area (TPSA) is 77.8 Å². The molecule has 0 aromatic heterocycles. The summed E-state index contributed by atoms with van der Waals surface area (Å²) in [5.41, 5.74) is 0. The van der Waals surface area contributed by atoms with Crippen LogP contribution in [0.3, 0.4) is 0 Å². The standard InChI is InChI=1S/C6H12O.CH2O3/c7-5-6-3-1-2-4-6;2-1(3)4/h6-7H,1-5H2;(H2,2,3,4). The van der Waals surface area contributed by atoms with Crippen LogP contribution in [0.4, 0.5) is 4.79 Å². The van der Waals surface area contributed by atoms with Crippen LogP contribution in [0, 0.1) is 5.92 Å². The largest absolute Gasteiger partial charge is 0.503 e. The van der Waals surface area contributed by atoms with E-state index in [4.69, 9.17) is 20.1 Å². The van der Waals surface area contributed by atoms with Gasteiger partial charge in [-0.3, -0.25) is 0 Å². The first-order valence-corrected chi connectivity index (χ1v) is 3.69. The van der Waals surface area contributed by atoms with Gasteiger partial charge in [-0.2, -0.15) is 0 Å². The molecular weight excluding hydrogens is 148 g/mol. The van der Waals surface area contributed by atoms with Gasteiger partial charge in [-0.05, 0) is 18.8 Å². The molecule has 0 amide bonds. The minimum Gasteiger partial charge on any atom is -0.450 e. The lowest BCUT2D eigenvalue weighted by molar-refractivity contribution is 0.137. The van der Waals surface area contributed by atoms with Crippen molar-refractivity contribution in [2.75, 3.05) is 6.61 Å². The van der Waals surface area contributed by atoms with Crippen LogP contribution in [0.1, 0.15) is 25.7 Å². The third kappa shape index (κ3) is 7.12. The van der Waals surface area contributed by atoms with E-state index in [2.05, 4.69) is 0 Å². The van der Waals surface area contributed by atoms with Crippen molar-refractivity contribution in [3.8, 4) is 0 Å². The molecule has 11 heavy (non-hydrogen) atoms. The van der Waals surface area contributed by atoms with Gasteiger partial charge in [-0.25, -0.2) is 4.79 Å². The number of hydrogen-bond acceptors (Lipinski definition) is 2. The average molecular weight is 162 g/mol. The minimum atomic E-state index is -1.83. The van der Waals surface area contributed by atoms with E-state index in [1.54, 1.807) is 0 Å². The highest BCUT2D eigenvalue weighted by atomic mass is 16.6. The first-order valence-electron chi connectivity index (χ1n) is 3.69. The summed E-state index contributed by atoms with van der Waals surface area (Å²) in [5.74, 6) is 0.653. The summed E-state index contributed by atoms with van der Waals surface area (Å²) in [6.07, 6.45) is 3.36. The Balaban J connectivity index is 0.000000218. The molecule has 0 spiro atoms. The van der Waals surface area contributed by atoms with Gasteiger partial charge in [0.2, 0.25) is 0 Å². The zero-order valence-electron chi connectivity index (χ0n) is 6.36. The van der Waals surface area contributed by atoms with Crippen molar-refractivity contribution in [1.29, 1.82) is 0 Å². The second-order valence-electron chi connectivity index (χ2n) is 2.62. The Kier molecular flexibility index (Phi) is 5.56. The Labute approximate surface area is 65.5 Å². The predicted octanol–water partition coefficient (Wildman–Crippen LogP) is 1.39. The number of carbonyl (C=O) groups is 1. The number of hydrogen-bond donors (Lipinski definition) is 3. The lowest BCUT2D eigenvalue weighted by atomic mass is 10.1. The van der Waals surface area contributed by atoms with E-state index < -0.39 is 6.16 Å². The van der Waals surface area contributed by atoms with Crippen molar-refractivity contribution < 1.29 is 20.1 Å². The second-order valence-corrected chi connectivity index (χ2v) is 2.62. The molecule has 1 aliphatic carbocycles. The molecule has 3 N–H and O–H groups in total. The molecule has 0 radical (unpaired) electrons. The van der Waals surface area contributed by atoms with E-state index in [1.807, 2.05) is 0 Å². The minimum absolute atomic E-state index is 0.417. The third-order valence-electron chi connectivity index (χ3n) is 1.73. The van der Waals surface area contributed by atoms with Crippen molar-refractivity contribution >= 4 is 6.16 Å². The van der Waals surface area contributed by atoms with Crippen molar-refractivity contribution in [3.63, 3.8) is 0 Å². The van der Waals surface area contributed by atoms with E-state index in [1.165, 1.54) is 25.7 Å². The van der Waals surface area contributed by atoms with Crippen LogP contribution in [0.25, 0.3) is 0 Å². The van der Waals surface area contributed by atoms with E-state index >= 15 is 0 Å². The second kappa shape index (κ2) is 5.97. The number of carboxylic acid groups (broad SMARTS) is 2. The predicted molar refractivity (Wildman–Crippen MR) is 39.7 cm³/mol. The van der Waals surface area contributed by atoms with Crippen LogP contribution < -0.4 is 0 Å². The van der Waals surface area contributed by atoms with Crippen LogP contribution in [-0.4, -0.2) is 28.1 Å². The Morgan fingerprint density at radius 3 is 1.82 bits per heavy atom. The summed E-state index contributed by atoms with van der Waals surface area (Å²) >= 11 is 0. The first kappa shape index (κ1) is 10.2. The van der Waals surface area contributed by atoms with E-state index in [-0.39, 0.29) is 0 Å². The van der Waals surface area contributed by atoms with Crippen LogP contribution >= 0.6 is 0 Å². The highest BCUT2D eigenvalue weighted by molar-refractivity contribution is 5.53. The van der Waals surface area contributed by atoms with Gasteiger partial charge in [0.05, 0.1) is 0 Å². The Bertz CT molecular complexity index is 103. The molecule has 0 bridgehead atoms. The molecule has 0 aromatic carbocycles. The average Bonchev–Trinajstić information content (AvgIpc) is 2.36. The normalized spacial score (nSPS) is 17.2. The molecule has 1 saturated carbocycles. The summed E-state index contributed by atoms with van der Waals surface area (Å²) in [6, 6.07) is 0. The number of rotatable bonds is 1. The van der Waals surface area contributed by atoms with Gasteiger partial charge in [0.15, 0.2) is 0 Å². The molecule has 0 heterocycles. The van der Waals surface area contributed by atoms with Crippen LogP contribution in [-0.2, 0) is 0 Å². The lowest BCUT2D eigenvalue weighted by Gasteiger charge is -1.98. The SMILES string of the molecule is O=C(O)O.OCC1CCCC1. The van der Waals surface area contributed by atoms with Gasteiger partial charge in [0.1, 0.15) is 0 Å². The summed E-state index contributed by atoms with van der Waals surface area (Å²) in [6.45, 7) is 0.417. The highest BCUT2D eigenvalue weighted by Crippen LogP contribution is 2.23. The maximum absolute atomic E-state index is 8.57. The highest BCUT2D eigenvalue weighted by Gasteiger charge is 2.12. The lowest BCUT2D eigenvalue weighted by Crippen LogP contribution is -1.97. The van der Waals surface area contributed by atoms with Gasteiger partial charge >= 0.3 is 6.16 Å². The number of aliphatic hydroxyl groups is 1. The molecule has 66 valence electrons. The fraction of sp³-hybridized carbons (Fsp3) is 0.857. The Hall–Kier alpha value is -0.770. The number of aliphatic hydroxyl groups excluding tert-OH is 1. The molecule has 1 rings (SSSR count). The smallest absolute Gasteiger partial charge is 0.450 e. The van der Waals surface area contributed by atoms with E-state index in [9.17, 15) is 0 Å². The summed E-state index contributed by atoms with van der Waals surface area (Å²) < 4.78 is 0. The monoisotopic (exact) mass is 162 g/mol. The Morgan fingerprint density at radius 1 is 1.27 bits per heavy atom. The summed E-state index contributed by atoms with van der Waals surface area (Å²) in [5, 5.41) is 22.5. The molecular formula is C7H14O4. The molecule has 0 atom stereocenters.